The topological polar surface area (TPSA) is 311 Å². The third-order valence-electron chi connectivity index (χ3n) is 6.17. The van der Waals surface area contributed by atoms with Gasteiger partial charge in [-0.05, 0) is 12.1 Å². The summed E-state index contributed by atoms with van der Waals surface area (Å²) in [5, 5.41) is 70.7. The molecule has 0 aliphatic carbocycles. The highest BCUT2D eigenvalue weighted by Crippen LogP contribution is 2.29. The minimum Gasteiger partial charge on any atom is -0.481 e. The van der Waals surface area contributed by atoms with Crippen molar-refractivity contribution in [2.45, 2.75) is 25.7 Å². The first-order valence-corrected chi connectivity index (χ1v) is 14.2. The van der Waals surface area contributed by atoms with Crippen molar-refractivity contribution < 1.29 is 79.2 Å². The van der Waals surface area contributed by atoms with Gasteiger partial charge in [0.2, 0.25) is 0 Å². The van der Waals surface area contributed by atoms with Crippen LogP contribution in [0.1, 0.15) is 25.7 Å². The molecule has 0 aliphatic heterocycles. The van der Waals surface area contributed by atoms with Crippen LogP contribution in [-0.2, 0) is 38.4 Å². The smallest absolute Gasteiger partial charge is 0.323 e. The van der Waals surface area contributed by atoms with Gasteiger partial charge in [0.15, 0.2) is 0 Å². The van der Waals surface area contributed by atoms with Crippen LogP contribution in [-0.4, -0.2) is 164 Å². The predicted octanol–water partition coefficient (Wildman–Crippen LogP) is -0.873. The fraction of sp³-hybridized carbons (Fsp3) is 0.500. The number of carbonyl (C=O) groups is 8. The summed E-state index contributed by atoms with van der Waals surface area (Å²) in [4.78, 5) is 91.8. The molecule has 0 radical (unpaired) electrons. The minimum absolute atomic E-state index is 0.116. The molecule has 0 saturated carbocycles. The van der Waals surface area contributed by atoms with E-state index < -0.39 is 73.9 Å². The fourth-order valence-corrected chi connectivity index (χ4v) is 4.07. The van der Waals surface area contributed by atoms with Gasteiger partial charge >= 0.3 is 47.8 Å². The summed E-state index contributed by atoms with van der Waals surface area (Å²) in [5.74, 6) is -9.12. The molecule has 1 rings (SSSR count). The number of para-hydroxylation sites is 2. The van der Waals surface area contributed by atoms with Gasteiger partial charge in [0.25, 0.3) is 0 Å². The van der Waals surface area contributed by atoms with Crippen LogP contribution in [0.3, 0.4) is 0 Å². The minimum atomic E-state index is -1.28. The lowest BCUT2D eigenvalue weighted by Gasteiger charge is -2.29. The Bertz CT molecular complexity index is 1110. The highest BCUT2D eigenvalue weighted by atomic mass is 16.4. The molecule has 0 saturated heterocycles. The fourth-order valence-electron chi connectivity index (χ4n) is 4.07. The Morgan fingerprint density at radius 2 is 0.604 bits per heavy atom. The molecular formula is C28H40N4O16. The molecule has 1 aromatic rings. The summed E-state index contributed by atoms with van der Waals surface area (Å²) in [6.45, 7) is -1.20. The molecule has 0 atom stereocenters. The van der Waals surface area contributed by atoms with E-state index in [1.807, 2.05) is 0 Å². The zero-order chi connectivity index (χ0) is 36.8. The number of aliphatic carboxylic acids is 8. The van der Waals surface area contributed by atoms with Crippen molar-refractivity contribution in [1.82, 2.24) is 9.80 Å². The van der Waals surface area contributed by atoms with Crippen molar-refractivity contribution in [3.63, 3.8) is 0 Å². The van der Waals surface area contributed by atoms with Gasteiger partial charge in [-0.2, -0.15) is 0 Å². The zero-order valence-electron chi connectivity index (χ0n) is 25.8. The third-order valence-corrected chi connectivity index (χ3v) is 6.17. The van der Waals surface area contributed by atoms with Gasteiger partial charge < -0.3 is 60.5 Å². The molecule has 1 aromatic carbocycles. The molecule has 0 amide bonds. The second-order valence-corrected chi connectivity index (χ2v) is 10.0. The van der Waals surface area contributed by atoms with Crippen molar-refractivity contribution in [3.8, 4) is 0 Å². The second kappa shape index (κ2) is 22.9. The average molecular weight is 689 g/mol. The lowest BCUT2D eigenvalue weighted by Crippen LogP contribution is -2.39. The maximum Gasteiger partial charge on any atom is 0.323 e. The number of nitrogens with zero attached hydrogens (tertiary/aromatic N) is 4. The van der Waals surface area contributed by atoms with E-state index in [1.165, 1.54) is 24.3 Å². The van der Waals surface area contributed by atoms with Gasteiger partial charge in [-0.15, -0.1) is 0 Å². The SMILES string of the molecule is O=C(O)CCN(CCC(=O)O)CCN(CCC(=O)O)CCC(=O)O.O=C(O)CN(CC(=O)O)c1ccccc1N(CC(=O)O)CC(=O)O. The molecule has 20 heteroatoms. The second-order valence-electron chi connectivity index (χ2n) is 10.0. The summed E-state index contributed by atoms with van der Waals surface area (Å²) < 4.78 is 0. The van der Waals surface area contributed by atoms with Crippen molar-refractivity contribution in [3.05, 3.63) is 24.3 Å². The van der Waals surface area contributed by atoms with Crippen molar-refractivity contribution in [1.29, 1.82) is 0 Å². The Hall–Kier alpha value is -5.50. The number of rotatable bonds is 25. The Balaban J connectivity index is 0.000000920. The summed E-state index contributed by atoms with van der Waals surface area (Å²) in [5.41, 5.74) is 0.231. The molecule has 0 spiro atoms. The third kappa shape index (κ3) is 21.3. The molecular weight excluding hydrogens is 648 g/mol. The first-order chi connectivity index (χ1) is 22.4. The van der Waals surface area contributed by atoms with Crippen molar-refractivity contribution in [2.75, 3.05) is 75.2 Å². The molecule has 0 bridgehead atoms. The van der Waals surface area contributed by atoms with Crippen LogP contribution in [0, 0.1) is 0 Å². The Morgan fingerprint density at radius 3 is 0.792 bits per heavy atom. The Morgan fingerprint density at radius 1 is 0.375 bits per heavy atom. The van der Waals surface area contributed by atoms with Crippen LogP contribution in [0.4, 0.5) is 11.4 Å². The number of anilines is 2. The van der Waals surface area contributed by atoms with Gasteiger partial charge in [-0.1, -0.05) is 12.1 Å². The summed E-state index contributed by atoms with van der Waals surface area (Å²) in [6, 6.07) is 5.82. The van der Waals surface area contributed by atoms with Gasteiger partial charge in [0, 0.05) is 39.3 Å². The molecule has 8 N–H and O–H groups in total. The number of carboxylic acids is 8. The summed E-state index contributed by atoms with van der Waals surface area (Å²) in [7, 11) is 0. The summed E-state index contributed by atoms with van der Waals surface area (Å²) >= 11 is 0. The largest absolute Gasteiger partial charge is 0.481 e. The molecule has 0 heterocycles. The molecule has 0 aliphatic rings. The van der Waals surface area contributed by atoms with E-state index in [0.717, 1.165) is 9.80 Å². The molecule has 0 aromatic heterocycles. The lowest BCUT2D eigenvalue weighted by atomic mass is 10.2. The molecule has 20 nitrogen and oxygen atoms in total. The zero-order valence-corrected chi connectivity index (χ0v) is 25.8. The van der Waals surface area contributed by atoms with E-state index in [2.05, 4.69) is 0 Å². The van der Waals surface area contributed by atoms with E-state index in [9.17, 15) is 38.4 Å². The van der Waals surface area contributed by atoms with Crippen LogP contribution in [0.25, 0.3) is 0 Å². The number of carboxylic acid groups (broad SMARTS) is 8. The average Bonchev–Trinajstić information content (AvgIpc) is 2.95. The molecule has 0 unspecified atom stereocenters. The first kappa shape index (κ1) is 42.5. The van der Waals surface area contributed by atoms with E-state index in [-0.39, 0.29) is 63.2 Å². The van der Waals surface area contributed by atoms with Gasteiger partial charge in [-0.25, -0.2) is 0 Å². The standard InChI is InChI=1S/C14H16N2O8.C14H24N2O8/c17-11(18)5-15(6-12(19)20)9-3-1-2-4-10(9)16(7-13(21)22)8-14(23)24;17-11(18)1-5-15(6-2-12(19)20)9-10-16(7-3-13(21)22)8-4-14(23)24/h1-4H,5-8H2,(H,17,18)(H,19,20)(H,21,22)(H,23,24);1-10H2,(H,17,18)(H,19,20)(H,21,22)(H,23,24). The number of hydrogen-bond donors (Lipinski definition) is 8. The van der Waals surface area contributed by atoms with E-state index >= 15 is 0 Å². The maximum atomic E-state index is 11.0. The number of hydrogen-bond acceptors (Lipinski definition) is 12. The Labute approximate surface area is 273 Å². The highest BCUT2D eigenvalue weighted by Gasteiger charge is 2.23. The van der Waals surface area contributed by atoms with Gasteiger partial charge in [-0.3, -0.25) is 38.4 Å². The normalized spacial score (nSPS) is 10.5. The molecule has 48 heavy (non-hydrogen) atoms. The lowest BCUT2D eigenvalue weighted by molar-refractivity contribution is -0.139. The maximum absolute atomic E-state index is 11.0. The van der Waals surface area contributed by atoms with Crippen LogP contribution in [0.2, 0.25) is 0 Å². The van der Waals surface area contributed by atoms with Crippen LogP contribution in [0.5, 0.6) is 0 Å². The van der Waals surface area contributed by atoms with E-state index in [4.69, 9.17) is 40.9 Å². The van der Waals surface area contributed by atoms with Crippen LogP contribution >= 0.6 is 0 Å². The molecule has 268 valence electrons. The first-order valence-electron chi connectivity index (χ1n) is 14.2. The monoisotopic (exact) mass is 688 g/mol. The predicted molar refractivity (Wildman–Crippen MR) is 163 cm³/mol. The van der Waals surface area contributed by atoms with Crippen molar-refractivity contribution in [2.24, 2.45) is 0 Å². The quantitative estimate of drug-likeness (QED) is 0.0618. The number of benzene rings is 1. The summed E-state index contributed by atoms with van der Waals surface area (Å²) in [6.07, 6.45) is -0.540. The van der Waals surface area contributed by atoms with E-state index in [0.29, 0.717) is 13.1 Å². The highest BCUT2D eigenvalue weighted by molar-refractivity contribution is 5.87. The van der Waals surface area contributed by atoms with Crippen LogP contribution < -0.4 is 9.80 Å². The molecule has 0 fully saturated rings. The van der Waals surface area contributed by atoms with E-state index in [1.54, 1.807) is 9.80 Å². The van der Waals surface area contributed by atoms with Crippen LogP contribution in [0.15, 0.2) is 24.3 Å². The van der Waals surface area contributed by atoms with Gasteiger partial charge in [0.1, 0.15) is 26.2 Å². The van der Waals surface area contributed by atoms with Gasteiger partial charge in [0.05, 0.1) is 37.1 Å². The Kier molecular flexibility index (Phi) is 20.3. The van der Waals surface area contributed by atoms with Crippen molar-refractivity contribution >= 4 is 59.1 Å².